The van der Waals surface area contributed by atoms with Gasteiger partial charge in [0.15, 0.2) is 0 Å². The van der Waals surface area contributed by atoms with Gasteiger partial charge in [0.1, 0.15) is 0 Å². The topological polar surface area (TPSA) is 26.0 Å². The van der Waals surface area contributed by atoms with Gasteiger partial charge in [-0.05, 0) is 26.1 Å². The van der Waals surface area contributed by atoms with Crippen LogP contribution in [-0.2, 0) is 0 Å². The lowest BCUT2D eigenvalue weighted by Crippen LogP contribution is -1.89. The van der Waals surface area contributed by atoms with Gasteiger partial charge >= 0.3 is 0 Å². The molecule has 1 nitrogen and oxygen atoms in total. The second-order valence-electron chi connectivity index (χ2n) is 1.91. The number of rotatable bonds is 2. The minimum atomic E-state index is 0.596. The third-order valence-corrected chi connectivity index (χ3v) is 2.08. The molecule has 2 heteroatoms. The first-order chi connectivity index (χ1) is 4.18. The van der Waals surface area contributed by atoms with E-state index in [4.69, 9.17) is 5.73 Å². The minimum Gasteiger partial charge on any atom is -0.405 e. The standard InChI is InChI=1S/C7H12IN/c1-6(7(2)8)4-3-5-9/h3-5,7H,9H2,1-2H3/b5-3-,6-4-. The quantitative estimate of drug-likeness (QED) is 0.445. The van der Waals surface area contributed by atoms with Crippen LogP contribution in [0.5, 0.6) is 0 Å². The van der Waals surface area contributed by atoms with E-state index in [1.54, 1.807) is 6.20 Å². The first-order valence-corrected chi connectivity index (χ1v) is 4.12. The second kappa shape index (κ2) is 4.85. The molecular formula is C7H12IN. The summed E-state index contributed by atoms with van der Waals surface area (Å²) >= 11 is 2.37. The SMILES string of the molecule is C/C(=C/C=C\N)C(C)I. The Morgan fingerprint density at radius 3 is 2.56 bits per heavy atom. The molecule has 0 spiro atoms. The average molecular weight is 237 g/mol. The molecule has 0 aliphatic rings. The van der Waals surface area contributed by atoms with Gasteiger partial charge in [0, 0.05) is 3.92 Å². The maximum absolute atomic E-state index is 5.15. The molecule has 0 aliphatic carbocycles. The van der Waals surface area contributed by atoms with Crippen LogP contribution >= 0.6 is 22.6 Å². The first-order valence-electron chi connectivity index (χ1n) is 2.87. The fraction of sp³-hybridized carbons (Fsp3) is 0.429. The van der Waals surface area contributed by atoms with Crippen molar-refractivity contribution in [2.24, 2.45) is 5.73 Å². The zero-order chi connectivity index (χ0) is 7.28. The van der Waals surface area contributed by atoms with E-state index in [0.717, 1.165) is 0 Å². The van der Waals surface area contributed by atoms with Crippen molar-refractivity contribution in [2.45, 2.75) is 17.8 Å². The summed E-state index contributed by atoms with van der Waals surface area (Å²) in [7, 11) is 0. The Balaban J connectivity index is 3.84. The molecule has 0 radical (unpaired) electrons. The summed E-state index contributed by atoms with van der Waals surface area (Å²) in [6.45, 7) is 4.24. The van der Waals surface area contributed by atoms with Crippen molar-refractivity contribution in [3.05, 3.63) is 23.9 Å². The number of hydrogen-bond acceptors (Lipinski definition) is 1. The van der Waals surface area contributed by atoms with Gasteiger partial charge in [-0.1, -0.05) is 34.2 Å². The molecule has 9 heavy (non-hydrogen) atoms. The Morgan fingerprint density at radius 1 is 1.67 bits per heavy atom. The number of nitrogens with two attached hydrogens (primary N) is 1. The van der Waals surface area contributed by atoms with E-state index >= 15 is 0 Å². The minimum absolute atomic E-state index is 0.596. The smallest absolute Gasteiger partial charge is 0.0290 e. The van der Waals surface area contributed by atoms with Gasteiger partial charge < -0.3 is 5.73 Å². The fourth-order valence-corrected chi connectivity index (χ4v) is 0.548. The predicted molar refractivity (Wildman–Crippen MR) is 50.6 cm³/mol. The van der Waals surface area contributed by atoms with E-state index in [2.05, 4.69) is 36.4 Å². The third kappa shape index (κ3) is 4.51. The van der Waals surface area contributed by atoms with Gasteiger partial charge in [0.05, 0.1) is 0 Å². The maximum Gasteiger partial charge on any atom is 0.0290 e. The second-order valence-corrected chi connectivity index (χ2v) is 3.78. The molecule has 0 rings (SSSR count). The Kier molecular flexibility index (Phi) is 4.85. The van der Waals surface area contributed by atoms with Crippen LogP contribution in [0.2, 0.25) is 0 Å². The van der Waals surface area contributed by atoms with Gasteiger partial charge in [-0.3, -0.25) is 0 Å². The van der Waals surface area contributed by atoms with Gasteiger partial charge in [0.25, 0.3) is 0 Å². The van der Waals surface area contributed by atoms with Crippen LogP contribution in [0.25, 0.3) is 0 Å². The molecule has 0 fully saturated rings. The molecule has 0 saturated carbocycles. The van der Waals surface area contributed by atoms with E-state index in [1.807, 2.05) is 12.2 Å². The van der Waals surface area contributed by atoms with Crippen molar-refractivity contribution < 1.29 is 0 Å². The lowest BCUT2D eigenvalue weighted by atomic mass is 10.2. The highest BCUT2D eigenvalue weighted by molar-refractivity contribution is 14.1. The third-order valence-electron chi connectivity index (χ3n) is 1.10. The largest absolute Gasteiger partial charge is 0.405 e. The number of alkyl halides is 1. The summed E-state index contributed by atoms with van der Waals surface area (Å²) in [6, 6.07) is 0. The lowest BCUT2D eigenvalue weighted by molar-refractivity contribution is 1.16. The number of allylic oxidation sites excluding steroid dienone is 3. The average Bonchev–Trinajstić information content (AvgIpc) is 1.82. The van der Waals surface area contributed by atoms with Crippen molar-refractivity contribution in [1.82, 2.24) is 0 Å². The lowest BCUT2D eigenvalue weighted by Gasteiger charge is -1.99. The van der Waals surface area contributed by atoms with E-state index in [9.17, 15) is 0 Å². The van der Waals surface area contributed by atoms with Crippen molar-refractivity contribution in [3.63, 3.8) is 0 Å². The predicted octanol–water partition coefficient (Wildman–Crippen LogP) is 2.23. The van der Waals surface area contributed by atoms with Crippen LogP contribution in [0, 0.1) is 0 Å². The summed E-state index contributed by atoms with van der Waals surface area (Å²) in [5.41, 5.74) is 6.49. The molecule has 0 aromatic heterocycles. The monoisotopic (exact) mass is 237 g/mol. The van der Waals surface area contributed by atoms with Crippen molar-refractivity contribution in [3.8, 4) is 0 Å². The molecule has 0 saturated heterocycles. The van der Waals surface area contributed by atoms with Gasteiger partial charge in [-0.2, -0.15) is 0 Å². The zero-order valence-corrected chi connectivity index (χ0v) is 7.92. The molecule has 2 N–H and O–H groups in total. The fourth-order valence-electron chi connectivity index (χ4n) is 0.340. The van der Waals surface area contributed by atoms with E-state index in [0.29, 0.717) is 3.92 Å². The molecule has 1 atom stereocenters. The summed E-state index contributed by atoms with van der Waals surface area (Å²) in [4.78, 5) is 0. The van der Waals surface area contributed by atoms with Gasteiger partial charge in [-0.15, -0.1) is 0 Å². The summed E-state index contributed by atoms with van der Waals surface area (Å²) in [5, 5.41) is 0. The molecule has 0 aromatic rings. The van der Waals surface area contributed by atoms with Crippen LogP contribution in [0.4, 0.5) is 0 Å². The van der Waals surface area contributed by atoms with Crippen LogP contribution < -0.4 is 5.73 Å². The van der Waals surface area contributed by atoms with E-state index < -0.39 is 0 Å². The van der Waals surface area contributed by atoms with Crippen LogP contribution in [0.3, 0.4) is 0 Å². The van der Waals surface area contributed by atoms with Crippen LogP contribution in [0.1, 0.15) is 13.8 Å². The van der Waals surface area contributed by atoms with E-state index in [-0.39, 0.29) is 0 Å². The van der Waals surface area contributed by atoms with E-state index in [1.165, 1.54) is 5.57 Å². The molecule has 1 unspecified atom stereocenters. The van der Waals surface area contributed by atoms with Gasteiger partial charge in [-0.25, -0.2) is 0 Å². The highest BCUT2D eigenvalue weighted by Crippen LogP contribution is 2.10. The summed E-state index contributed by atoms with van der Waals surface area (Å²) < 4.78 is 0.596. The molecule has 0 amide bonds. The van der Waals surface area contributed by atoms with Crippen molar-refractivity contribution in [1.29, 1.82) is 0 Å². The van der Waals surface area contributed by atoms with Crippen LogP contribution in [-0.4, -0.2) is 3.92 Å². The normalized spacial score (nSPS) is 16.6. The maximum atomic E-state index is 5.15. The zero-order valence-electron chi connectivity index (χ0n) is 5.76. The highest BCUT2D eigenvalue weighted by atomic mass is 127. The summed E-state index contributed by atoms with van der Waals surface area (Å²) in [6.07, 6.45) is 5.42. The Labute approximate surface area is 70.2 Å². The van der Waals surface area contributed by atoms with Crippen LogP contribution in [0.15, 0.2) is 23.9 Å². The Hall–Kier alpha value is 0.0100. The molecule has 52 valence electrons. The molecule has 0 aromatic carbocycles. The van der Waals surface area contributed by atoms with Crippen molar-refractivity contribution in [2.75, 3.05) is 0 Å². The number of hydrogen-bond donors (Lipinski definition) is 1. The Bertz CT molecular complexity index is 125. The highest BCUT2D eigenvalue weighted by Gasteiger charge is 1.93. The summed E-state index contributed by atoms with van der Waals surface area (Å²) in [5.74, 6) is 0. The van der Waals surface area contributed by atoms with Gasteiger partial charge in [0.2, 0.25) is 0 Å². The molecule has 0 aliphatic heterocycles. The first kappa shape index (κ1) is 9.01. The Morgan fingerprint density at radius 2 is 2.22 bits per heavy atom. The molecular weight excluding hydrogens is 225 g/mol. The van der Waals surface area contributed by atoms with Crippen molar-refractivity contribution >= 4 is 22.6 Å². The molecule has 0 bridgehead atoms. The molecule has 0 heterocycles. The number of halogens is 1.